The smallest absolute Gasteiger partial charge is 0.416 e. The number of nitrogen functional groups attached to an aromatic ring is 1. The number of halogens is 3. The van der Waals surface area contributed by atoms with Gasteiger partial charge in [0.15, 0.2) is 0 Å². The molecule has 0 saturated carbocycles. The number of anilines is 1. The number of hydrogen-bond donors (Lipinski definition) is 1. The fourth-order valence-corrected chi connectivity index (χ4v) is 2.03. The van der Waals surface area contributed by atoms with Crippen molar-refractivity contribution in [1.29, 1.82) is 0 Å². The Kier molecular flexibility index (Phi) is 4.13. The minimum Gasteiger partial charge on any atom is -0.457 e. The van der Waals surface area contributed by atoms with Gasteiger partial charge in [-0.1, -0.05) is 0 Å². The Morgan fingerprint density at radius 3 is 2.20 bits per heavy atom. The second-order valence-electron chi connectivity index (χ2n) is 4.07. The molecule has 0 amide bonds. The van der Waals surface area contributed by atoms with Crippen LogP contribution in [0.5, 0.6) is 11.5 Å². The summed E-state index contributed by atoms with van der Waals surface area (Å²) < 4.78 is 43.4. The molecule has 0 aliphatic rings. The molecule has 20 heavy (non-hydrogen) atoms. The molecule has 106 valence electrons. The van der Waals surface area contributed by atoms with Crippen molar-refractivity contribution in [3.63, 3.8) is 0 Å². The lowest BCUT2D eigenvalue weighted by molar-refractivity contribution is -0.137. The SMILES string of the molecule is CSc1ccc(Oc2cc(N)cc(C(F)(F)F)c2)cc1. The molecule has 0 bridgehead atoms. The number of nitrogens with two attached hydrogens (primary N) is 1. The number of ether oxygens (including phenoxy) is 1. The molecule has 2 aromatic carbocycles. The molecule has 0 radical (unpaired) electrons. The summed E-state index contributed by atoms with van der Waals surface area (Å²) >= 11 is 1.57. The number of hydrogen-bond acceptors (Lipinski definition) is 3. The lowest BCUT2D eigenvalue weighted by Crippen LogP contribution is -2.06. The van der Waals surface area contributed by atoms with Gasteiger partial charge in [0, 0.05) is 16.6 Å². The molecule has 0 spiro atoms. The number of thioether (sulfide) groups is 1. The highest BCUT2D eigenvalue weighted by Gasteiger charge is 2.31. The minimum absolute atomic E-state index is 0.00978. The Morgan fingerprint density at radius 2 is 1.65 bits per heavy atom. The minimum atomic E-state index is -4.45. The van der Waals surface area contributed by atoms with Gasteiger partial charge >= 0.3 is 6.18 Å². The zero-order chi connectivity index (χ0) is 14.8. The second-order valence-corrected chi connectivity index (χ2v) is 4.95. The molecule has 0 aliphatic heterocycles. The van der Waals surface area contributed by atoms with Gasteiger partial charge in [-0.3, -0.25) is 0 Å². The summed E-state index contributed by atoms with van der Waals surface area (Å²) in [6, 6.07) is 10.2. The van der Waals surface area contributed by atoms with Gasteiger partial charge in [0.25, 0.3) is 0 Å². The summed E-state index contributed by atoms with van der Waals surface area (Å²) in [6.45, 7) is 0. The van der Waals surface area contributed by atoms with Gasteiger partial charge in [0.2, 0.25) is 0 Å². The van der Waals surface area contributed by atoms with Gasteiger partial charge in [0.05, 0.1) is 5.56 Å². The van der Waals surface area contributed by atoms with Gasteiger partial charge in [-0.25, -0.2) is 0 Å². The molecule has 0 heterocycles. The molecule has 2 aromatic rings. The largest absolute Gasteiger partial charge is 0.457 e. The van der Waals surface area contributed by atoms with Crippen LogP contribution >= 0.6 is 11.8 Å². The van der Waals surface area contributed by atoms with Crippen molar-refractivity contribution in [2.24, 2.45) is 0 Å². The van der Waals surface area contributed by atoms with E-state index in [9.17, 15) is 13.2 Å². The lowest BCUT2D eigenvalue weighted by Gasteiger charge is -2.11. The maximum atomic E-state index is 12.7. The van der Waals surface area contributed by atoms with Crippen molar-refractivity contribution in [1.82, 2.24) is 0 Å². The Morgan fingerprint density at radius 1 is 1.00 bits per heavy atom. The maximum absolute atomic E-state index is 12.7. The summed E-state index contributed by atoms with van der Waals surface area (Å²) in [5.41, 5.74) is 4.66. The lowest BCUT2D eigenvalue weighted by atomic mass is 10.2. The van der Waals surface area contributed by atoms with Crippen LogP contribution in [0.3, 0.4) is 0 Å². The fourth-order valence-electron chi connectivity index (χ4n) is 1.62. The van der Waals surface area contributed by atoms with E-state index >= 15 is 0 Å². The van der Waals surface area contributed by atoms with Crippen LogP contribution in [-0.2, 0) is 6.18 Å². The van der Waals surface area contributed by atoms with Crippen LogP contribution in [0.4, 0.5) is 18.9 Å². The van der Waals surface area contributed by atoms with Crippen LogP contribution in [0.1, 0.15) is 5.56 Å². The third-order valence-corrected chi connectivity index (χ3v) is 3.29. The van der Waals surface area contributed by atoms with E-state index in [0.29, 0.717) is 5.75 Å². The van der Waals surface area contributed by atoms with E-state index < -0.39 is 11.7 Å². The third kappa shape index (κ3) is 3.60. The Labute approximate surface area is 118 Å². The predicted molar refractivity (Wildman–Crippen MR) is 74.2 cm³/mol. The topological polar surface area (TPSA) is 35.2 Å². The Bertz CT molecular complexity index is 596. The molecule has 2 nitrogen and oxygen atoms in total. The van der Waals surface area contributed by atoms with E-state index in [2.05, 4.69) is 0 Å². The molecule has 6 heteroatoms. The summed E-state index contributed by atoms with van der Waals surface area (Å²) in [5, 5.41) is 0. The Hall–Kier alpha value is -1.82. The molecule has 0 saturated heterocycles. The van der Waals surface area contributed by atoms with Gasteiger partial charge in [-0.15, -0.1) is 11.8 Å². The van der Waals surface area contributed by atoms with Crippen molar-refractivity contribution >= 4 is 17.4 Å². The van der Waals surface area contributed by atoms with Crippen LogP contribution in [0.15, 0.2) is 47.4 Å². The van der Waals surface area contributed by atoms with Crippen LogP contribution < -0.4 is 10.5 Å². The monoisotopic (exact) mass is 299 g/mol. The molecule has 0 aliphatic carbocycles. The van der Waals surface area contributed by atoms with Crippen LogP contribution in [0, 0.1) is 0 Å². The highest BCUT2D eigenvalue weighted by atomic mass is 32.2. The predicted octanol–water partition coefficient (Wildman–Crippen LogP) is 4.80. The molecular formula is C14H12F3NOS. The first-order chi connectivity index (χ1) is 9.38. The number of alkyl halides is 3. The van der Waals surface area contributed by atoms with Gasteiger partial charge in [0.1, 0.15) is 11.5 Å². The fraction of sp³-hybridized carbons (Fsp3) is 0.143. The summed E-state index contributed by atoms with van der Waals surface area (Å²) in [4.78, 5) is 1.04. The van der Waals surface area contributed by atoms with E-state index in [1.54, 1.807) is 23.9 Å². The van der Waals surface area contributed by atoms with E-state index in [1.165, 1.54) is 6.07 Å². The van der Waals surface area contributed by atoms with Crippen LogP contribution in [0.2, 0.25) is 0 Å². The number of benzene rings is 2. The zero-order valence-electron chi connectivity index (χ0n) is 10.6. The van der Waals surface area contributed by atoms with Gasteiger partial charge in [-0.05, 0) is 42.7 Å². The average molecular weight is 299 g/mol. The normalized spacial score (nSPS) is 11.4. The summed E-state index contributed by atoms with van der Waals surface area (Å²) in [5.74, 6) is 0.524. The van der Waals surface area contributed by atoms with Crippen molar-refractivity contribution in [3.05, 3.63) is 48.0 Å². The van der Waals surface area contributed by atoms with Crippen LogP contribution in [-0.4, -0.2) is 6.26 Å². The molecular weight excluding hydrogens is 287 g/mol. The van der Waals surface area contributed by atoms with E-state index in [0.717, 1.165) is 17.0 Å². The van der Waals surface area contributed by atoms with Crippen LogP contribution in [0.25, 0.3) is 0 Å². The molecule has 0 aromatic heterocycles. The van der Waals surface area contributed by atoms with E-state index in [-0.39, 0.29) is 11.4 Å². The quantitative estimate of drug-likeness (QED) is 0.653. The standard InChI is InChI=1S/C14H12F3NOS/c1-20-13-4-2-11(3-5-13)19-12-7-9(14(15,16)17)6-10(18)8-12/h2-8H,18H2,1H3. The first-order valence-corrected chi connectivity index (χ1v) is 6.90. The zero-order valence-corrected chi connectivity index (χ0v) is 11.4. The molecule has 0 atom stereocenters. The molecule has 2 N–H and O–H groups in total. The highest BCUT2D eigenvalue weighted by Crippen LogP contribution is 2.35. The summed E-state index contributed by atoms with van der Waals surface area (Å²) in [6.07, 6.45) is -2.51. The maximum Gasteiger partial charge on any atom is 0.416 e. The molecule has 0 fully saturated rings. The van der Waals surface area contributed by atoms with Crippen molar-refractivity contribution in [2.45, 2.75) is 11.1 Å². The molecule has 2 rings (SSSR count). The van der Waals surface area contributed by atoms with Gasteiger partial charge in [-0.2, -0.15) is 13.2 Å². The van der Waals surface area contributed by atoms with Gasteiger partial charge < -0.3 is 10.5 Å². The van der Waals surface area contributed by atoms with Crippen molar-refractivity contribution in [2.75, 3.05) is 12.0 Å². The van der Waals surface area contributed by atoms with E-state index in [4.69, 9.17) is 10.5 Å². The highest BCUT2D eigenvalue weighted by molar-refractivity contribution is 7.98. The second kappa shape index (κ2) is 5.66. The molecule has 0 unspecified atom stereocenters. The first-order valence-electron chi connectivity index (χ1n) is 5.68. The van der Waals surface area contributed by atoms with Crippen molar-refractivity contribution < 1.29 is 17.9 Å². The third-order valence-electron chi connectivity index (χ3n) is 2.55. The first kappa shape index (κ1) is 14.6. The Balaban J connectivity index is 2.26. The summed E-state index contributed by atoms with van der Waals surface area (Å²) in [7, 11) is 0. The van der Waals surface area contributed by atoms with Crippen molar-refractivity contribution in [3.8, 4) is 11.5 Å². The average Bonchev–Trinajstić information content (AvgIpc) is 2.38. The number of rotatable bonds is 3. The van der Waals surface area contributed by atoms with E-state index in [1.807, 2.05) is 18.4 Å².